The van der Waals surface area contributed by atoms with E-state index in [2.05, 4.69) is 0 Å². The molecule has 1 unspecified atom stereocenters. The van der Waals surface area contributed by atoms with E-state index in [-0.39, 0.29) is 77.9 Å². The molecule has 1 rings (SSSR count). The predicted octanol–water partition coefficient (Wildman–Crippen LogP) is -0.332. The molecule has 0 fully saturated rings. The van der Waals surface area contributed by atoms with E-state index in [1.807, 2.05) is 0 Å². The van der Waals surface area contributed by atoms with Crippen molar-refractivity contribution in [3.8, 4) is 0 Å². The molecule has 0 aromatic heterocycles. The first-order chi connectivity index (χ1) is 5.61. The van der Waals surface area contributed by atoms with E-state index in [1.165, 1.54) is 18.2 Å². The predicted molar refractivity (Wildman–Crippen MR) is 62.2 cm³/mol. The van der Waals surface area contributed by atoms with Crippen LogP contribution in [0.5, 0.6) is 0 Å². The molecule has 0 heterocycles. The van der Waals surface area contributed by atoms with Gasteiger partial charge in [0.2, 0.25) is 0 Å². The first-order valence-electron chi connectivity index (χ1n) is 3.18. The number of aromatic carboxylic acids is 2. The summed E-state index contributed by atoms with van der Waals surface area (Å²) in [5.41, 5.74) is -0.0372. The van der Waals surface area contributed by atoms with E-state index >= 15 is 0 Å². The molecule has 7 heteroatoms. The van der Waals surface area contributed by atoms with E-state index in [0.29, 0.717) is 0 Å². The van der Waals surface area contributed by atoms with Crippen LogP contribution in [0.4, 0.5) is 0 Å². The maximum atomic E-state index is 10.4. The van der Waals surface area contributed by atoms with Crippen molar-refractivity contribution in [3.05, 3.63) is 35.4 Å². The second-order valence-electron chi connectivity index (χ2n) is 2.19. The molecule has 0 amide bonds. The summed E-state index contributed by atoms with van der Waals surface area (Å²) in [6, 6.07) is 5.20. The molecule has 0 spiro atoms. The zero-order valence-electron chi connectivity index (χ0n) is 7.23. The van der Waals surface area contributed by atoms with Crippen molar-refractivity contribution in [2.45, 2.75) is 0 Å². The van der Waals surface area contributed by atoms with Crippen LogP contribution in [0.3, 0.4) is 0 Å². The Balaban J connectivity index is -0.000000480. The van der Waals surface area contributed by atoms with Crippen molar-refractivity contribution in [1.82, 2.24) is 0 Å². The van der Waals surface area contributed by atoms with Gasteiger partial charge in [-0.15, -0.1) is 0 Å². The molecular formula is C8H12KO5P. The fourth-order valence-electron chi connectivity index (χ4n) is 0.785. The number of rotatable bonds is 2. The molecule has 15 heavy (non-hydrogen) atoms. The van der Waals surface area contributed by atoms with Gasteiger partial charge in [0, 0.05) is 0 Å². The number of benzene rings is 1. The molecule has 5 nitrogen and oxygen atoms in total. The zero-order valence-corrected chi connectivity index (χ0v) is 8.64. The standard InChI is InChI=1S/C8H6O4.K.H2O.H3P.H/c9-7(10)5-2-1-3-6(4-5)8(11)12;;;;/h1-4H,(H,9,10)(H,11,12);;1H2;1H3;. The second-order valence-corrected chi connectivity index (χ2v) is 2.19. The zero-order chi connectivity index (χ0) is 9.14. The molecule has 1 aromatic carbocycles. The van der Waals surface area contributed by atoms with E-state index in [9.17, 15) is 9.59 Å². The maximum absolute atomic E-state index is 10.4. The quantitative estimate of drug-likeness (QED) is 0.559. The Morgan fingerprint density at radius 1 is 1.00 bits per heavy atom. The minimum atomic E-state index is -1.13. The fraction of sp³-hybridized carbons (Fsp3) is 0. The molecule has 0 saturated heterocycles. The summed E-state index contributed by atoms with van der Waals surface area (Å²) in [4.78, 5) is 20.8. The van der Waals surface area contributed by atoms with Crippen molar-refractivity contribution >= 4 is 73.2 Å². The van der Waals surface area contributed by atoms with Crippen LogP contribution < -0.4 is 0 Å². The van der Waals surface area contributed by atoms with Gasteiger partial charge < -0.3 is 15.7 Å². The van der Waals surface area contributed by atoms with Crippen LogP contribution in [0, 0.1) is 0 Å². The Labute approximate surface area is 132 Å². The van der Waals surface area contributed by atoms with Crippen molar-refractivity contribution in [3.63, 3.8) is 0 Å². The SMILES string of the molecule is O.O=C(O)c1cccc(C(=O)O)c1.P.[KH]. The summed E-state index contributed by atoms with van der Waals surface area (Å²) in [7, 11) is 0. The molecule has 1 atom stereocenters. The van der Waals surface area contributed by atoms with E-state index in [1.54, 1.807) is 0 Å². The van der Waals surface area contributed by atoms with E-state index < -0.39 is 11.9 Å². The van der Waals surface area contributed by atoms with Gasteiger partial charge in [-0.1, -0.05) is 6.07 Å². The van der Waals surface area contributed by atoms with Gasteiger partial charge in [0.15, 0.2) is 0 Å². The molecular weight excluding hydrogens is 246 g/mol. The number of carbonyl (C=O) groups is 2. The van der Waals surface area contributed by atoms with Crippen LogP contribution in [0.2, 0.25) is 0 Å². The molecule has 0 aliphatic rings. The summed E-state index contributed by atoms with van der Waals surface area (Å²) in [5, 5.41) is 17.0. The molecule has 0 radical (unpaired) electrons. The summed E-state index contributed by atoms with van der Waals surface area (Å²) < 4.78 is 0. The number of hydrogen-bond acceptors (Lipinski definition) is 2. The molecule has 4 N–H and O–H groups in total. The average Bonchev–Trinajstić information content (AvgIpc) is 2.04. The second kappa shape index (κ2) is 9.42. The molecule has 1 aromatic rings. The first kappa shape index (κ1) is 20.6. The van der Waals surface area contributed by atoms with Gasteiger partial charge in [-0.05, 0) is 18.2 Å². The van der Waals surface area contributed by atoms with Crippen LogP contribution >= 0.6 is 9.90 Å². The summed E-state index contributed by atoms with van der Waals surface area (Å²) in [6.07, 6.45) is 0. The van der Waals surface area contributed by atoms with Gasteiger partial charge in [0.1, 0.15) is 0 Å². The van der Waals surface area contributed by atoms with Crippen LogP contribution in [0.25, 0.3) is 0 Å². The van der Waals surface area contributed by atoms with Gasteiger partial charge in [-0.25, -0.2) is 9.59 Å². The van der Waals surface area contributed by atoms with Crippen LogP contribution in [-0.2, 0) is 0 Å². The van der Waals surface area contributed by atoms with Crippen LogP contribution in [0.1, 0.15) is 20.7 Å². The third-order valence-corrected chi connectivity index (χ3v) is 1.36. The summed E-state index contributed by atoms with van der Waals surface area (Å²) in [6.45, 7) is 0. The van der Waals surface area contributed by atoms with Gasteiger partial charge in [-0.2, -0.15) is 9.90 Å². The summed E-state index contributed by atoms with van der Waals surface area (Å²) >= 11 is 0. The minimum absolute atomic E-state index is 0. The van der Waals surface area contributed by atoms with Crippen molar-refractivity contribution in [2.75, 3.05) is 0 Å². The third kappa shape index (κ3) is 6.37. The van der Waals surface area contributed by atoms with Gasteiger partial charge in [0.05, 0.1) is 11.1 Å². The van der Waals surface area contributed by atoms with Crippen molar-refractivity contribution in [2.24, 2.45) is 0 Å². The molecule has 80 valence electrons. The normalized spacial score (nSPS) is 7.47. The van der Waals surface area contributed by atoms with E-state index in [4.69, 9.17) is 10.2 Å². The topological polar surface area (TPSA) is 106 Å². The third-order valence-electron chi connectivity index (χ3n) is 1.36. The Hall–Kier alpha value is 0.186. The number of carboxylic acids is 2. The molecule has 0 bridgehead atoms. The first-order valence-corrected chi connectivity index (χ1v) is 3.18. The van der Waals surface area contributed by atoms with Crippen LogP contribution in [-0.4, -0.2) is 79.0 Å². The van der Waals surface area contributed by atoms with Crippen molar-refractivity contribution in [1.29, 1.82) is 0 Å². The Kier molecular flexibility index (Phi) is 12.9. The van der Waals surface area contributed by atoms with E-state index in [0.717, 1.165) is 6.07 Å². The number of hydrogen-bond donors (Lipinski definition) is 2. The Bertz CT molecular complexity index is 312. The molecule has 0 saturated carbocycles. The fourth-order valence-corrected chi connectivity index (χ4v) is 0.785. The monoisotopic (exact) mass is 258 g/mol. The van der Waals surface area contributed by atoms with Gasteiger partial charge in [0.25, 0.3) is 0 Å². The van der Waals surface area contributed by atoms with Gasteiger partial charge in [-0.3, -0.25) is 0 Å². The van der Waals surface area contributed by atoms with Crippen molar-refractivity contribution < 1.29 is 25.3 Å². The molecule has 0 aliphatic heterocycles. The van der Waals surface area contributed by atoms with Crippen LogP contribution in [0.15, 0.2) is 24.3 Å². The average molecular weight is 258 g/mol. The molecule has 0 aliphatic carbocycles. The Morgan fingerprint density at radius 3 is 1.60 bits per heavy atom. The number of carboxylic acid groups (broad SMARTS) is 2. The Morgan fingerprint density at radius 2 is 1.33 bits per heavy atom. The summed E-state index contributed by atoms with van der Waals surface area (Å²) in [5.74, 6) is -2.25. The van der Waals surface area contributed by atoms with Gasteiger partial charge >= 0.3 is 63.3 Å².